The third kappa shape index (κ3) is 24.4. The maximum atomic E-state index is 13.3. The number of likely N-dealkylation sites (tertiary alicyclic amines) is 1. The van der Waals surface area contributed by atoms with Crippen LogP contribution in [0.2, 0.25) is 0 Å². The van der Waals surface area contributed by atoms with Gasteiger partial charge in [-0.2, -0.15) is 11.8 Å². The van der Waals surface area contributed by atoms with E-state index in [2.05, 4.69) is 21.3 Å². The molecule has 2 fully saturated rings. The van der Waals surface area contributed by atoms with Crippen LogP contribution >= 0.6 is 11.8 Å². The molecule has 2 aliphatic rings. The van der Waals surface area contributed by atoms with Gasteiger partial charge in [0.1, 0.15) is 6.04 Å². The largest absolute Gasteiger partial charge is 0.480 e. The molecule has 23 nitrogen and oxygen atoms in total. The van der Waals surface area contributed by atoms with E-state index >= 15 is 0 Å². The van der Waals surface area contributed by atoms with Crippen LogP contribution < -0.4 is 21.3 Å². The quantitative estimate of drug-likeness (QED) is 0.0421. The van der Waals surface area contributed by atoms with Gasteiger partial charge in [-0.3, -0.25) is 62.9 Å². The number of urea groups is 1. The van der Waals surface area contributed by atoms with E-state index in [1.165, 1.54) is 4.90 Å². The van der Waals surface area contributed by atoms with Crippen molar-refractivity contribution in [2.45, 2.75) is 77.4 Å². The number of amides is 6. The molecule has 3 rings (SSSR count). The maximum Gasteiger partial charge on any atom is 0.326 e. The molecule has 25 heteroatoms. The third-order valence-corrected chi connectivity index (χ3v) is 12.3. The zero-order chi connectivity index (χ0) is 50.2. The number of Topliss-reactive ketones (excluding diaryl/α,β-unsaturated/α-hetero) is 1. The van der Waals surface area contributed by atoms with E-state index in [9.17, 15) is 68.4 Å². The summed E-state index contributed by atoms with van der Waals surface area (Å²) >= 11 is 1.57. The first-order valence-corrected chi connectivity index (χ1v) is 23.9. The molecule has 3 atom stereocenters. The van der Waals surface area contributed by atoms with E-state index < -0.39 is 53.7 Å². The number of carbonyl (C=O) groups is 10. The van der Waals surface area contributed by atoms with E-state index in [1.807, 2.05) is 6.92 Å². The molecule has 8 N–H and O–H groups in total. The summed E-state index contributed by atoms with van der Waals surface area (Å²) in [4.78, 5) is 131. The van der Waals surface area contributed by atoms with E-state index in [-0.39, 0.29) is 187 Å². The number of imide groups is 1. The summed E-state index contributed by atoms with van der Waals surface area (Å²) in [6.45, 7) is 5.11. The first-order valence-electron chi connectivity index (χ1n) is 22.8. The van der Waals surface area contributed by atoms with Gasteiger partial charge < -0.3 is 41.7 Å². The fraction of sp³-hybridized carbons (Fsp3) is 0.636. The number of benzene rings is 1. The normalized spacial score (nSPS) is 17.6. The average molecular weight is 1140 g/mol. The number of unbranched alkanes of at least 4 members (excludes halogenated alkanes) is 1. The fourth-order valence-electron chi connectivity index (χ4n) is 7.57. The van der Waals surface area contributed by atoms with Crippen LogP contribution in [0.1, 0.15) is 64.4 Å². The molecule has 1 unspecified atom stereocenters. The molecule has 0 bridgehead atoms. The minimum Gasteiger partial charge on any atom is -0.480 e. The Kier molecular flexibility index (Phi) is 28.6. The Labute approximate surface area is 437 Å². The van der Waals surface area contributed by atoms with Crippen molar-refractivity contribution < 1.29 is 108 Å². The van der Waals surface area contributed by atoms with Gasteiger partial charge >= 0.3 is 29.9 Å². The van der Waals surface area contributed by atoms with Gasteiger partial charge in [0.15, 0.2) is 5.78 Å². The summed E-state index contributed by atoms with van der Waals surface area (Å²) in [5.41, 5.74) is 1.09. The van der Waals surface area contributed by atoms with Crippen molar-refractivity contribution in [3.05, 3.63) is 29.8 Å². The summed E-state index contributed by atoms with van der Waals surface area (Å²) < 4.78 is 0. The predicted octanol–water partition coefficient (Wildman–Crippen LogP) is -0.104. The maximum absolute atomic E-state index is 13.3. The Bertz CT molecular complexity index is 1880. The molecule has 0 radical (unpaired) electrons. The first kappa shape index (κ1) is 60.8. The fourth-order valence-corrected chi connectivity index (χ4v) is 8.26. The SMILES string of the molecule is CCSCC[C@H](NC(=O)Nc1ccc(CNC(=O)CN2CCN(CC(=O)O)CCN(CC(=O)O)CCN(CC(=O)O)CC2)cc1)C(=O)CCC(=O)N[C@@H](CCCCN1C(=O)CC(C)C1=O)C(=O)O.[Gd]. The van der Waals surface area contributed by atoms with Crippen molar-refractivity contribution in [3.8, 4) is 0 Å². The Balaban J connectivity index is 0.0000163. The summed E-state index contributed by atoms with van der Waals surface area (Å²) in [5, 5.41) is 48.7. The van der Waals surface area contributed by atoms with Gasteiger partial charge in [-0.1, -0.05) is 26.0 Å². The minimum atomic E-state index is -1.26. The number of ketones is 1. The van der Waals surface area contributed by atoms with Crippen LogP contribution in [-0.2, 0) is 49.7 Å². The predicted molar refractivity (Wildman–Crippen MR) is 249 cm³/mol. The molecular formula is C44H67GdN9O14S. The number of anilines is 1. The second-order valence-corrected chi connectivity index (χ2v) is 18.2. The van der Waals surface area contributed by atoms with Crippen molar-refractivity contribution in [2.75, 3.05) is 102 Å². The van der Waals surface area contributed by atoms with Crippen molar-refractivity contribution in [2.24, 2.45) is 5.92 Å². The van der Waals surface area contributed by atoms with Gasteiger partial charge in [-0.15, -0.1) is 0 Å². The molecule has 1 aromatic rings. The van der Waals surface area contributed by atoms with Gasteiger partial charge in [-0.05, 0) is 54.9 Å². The van der Waals surface area contributed by atoms with Crippen LogP contribution in [0, 0.1) is 45.9 Å². The van der Waals surface area contributed by atoms with Crippen LogP contribution in [0.3, 0.4) is 0 Å². The number of carboxylic acid groups (broad SMARTS) is 4. The van der Waals surface area contributed by atoms with Gasteiger partial charge in [0.2, 0.25) is 23.6 Å². The van der Waals surface area contributed by atoms with Gasteiger partial charge in [0.25, 0.3) is 0 Å². The number of hydrogen-bond donors (Lipinski definition) is 8. The molecule has 0 aliphatic carbocycles. The van der Waals surface area contributed by atoms with Gasteiger partial charge in [0.05, 0.1) is 32.2 Å². The molecule has 6 amide bonds. The van der Waals surface area contributed by atoms with Crippen LogP contribution in [-0.4, -0.2) is 213 Å². The summed E-state index contributed by atoms with van der Waals surface area (Å²) in [5.74, 6) is -5.39. The molecule has 69 heavy (non-hydrogen) atoms. The smallest absolute Gasteiger partial charge is 0.326 e. The van der Waals surface area contributed by atoms with Crippen LogP contribution in [0.15, 0.2) is 24.3 Å². The topological polar surface area (TPSA) is 316 Å². The van der Waals surface area contributed by atoms with Crippen LogP contribution in [0.5, 0.6) is 0 Å². The number of rotatable bonds is 27. The summed E-state index contributed by atoms with van der Waals surface area (Å²) in [6, 6.07) is 3.77. The van der Waals surface area contributed by atoms with Crippen LogP contribution in [0.25, 0.3) is 0 Å². The Morgan fingerprint density at radius 1 is 0.681 bits per heavy atom. The standard InChI is InChI=1S/C44H67N9O14S.Gd/c1-3-68-23-13-33(35(54)11-12-36(55)47-34(43(65)66)6-4-5-14-53-38(57)24-30(2)42(53)64)48-44(67)46-32-9-7-31(8-10-32)25-45-37(56)26-49-15-17-50(27-39(58)59)19-21-52(29-41(62)63)22-20-51(18-16-49)28-40(60)61;/h7-10,30,33-34H,3-6,11-29H2,1-2H3,(H,45,56)(H,47,55)(H,58,59)(H,60,61)(H,62,63)(H,65,66)(H2,46,48,67);/t30?,33-,34-;/m0./s1. The van der Waals surface area contributed by atoms with E-state index in [1.54, 1.807) is 62.6 Å². The number of hydrogen-bond acceptors (Lipinski definition) is 15. The number of carboxylic acids is 4. The minimum absolute atomic E-state index is 0. The molecule has 0 spiro atoms. The van der Waals surface area contributed by atoms with Gasteiger partial charge in [0, 0.05) is 136 Å². The van der Waals surface area contributed by atoms with Crippen molar-refractivity contribution in [1.82, 2.24) is 40.4 Å². The van der Waals surface area contributed by atoms with Crippen molar-refractivity contribution in [3.63, 3.8) is 0 Å². The number of nitrogens with zero attached hydrogens (tertiary/aromatic N) is 5. The van der Waals surface area contributed by atoms with E-state index in [0.29, 0.717) is 29.8 Å². The molecule has 386 valence electrons. The summed E-state index contributed by atoms with van der Waals surface area (Å²) in [6.07, 6.45) is 0.643. The Morgan fingerprint density at radius 3 is 1.67 bits per heavy atom. The molecular weight excluding hydrogens is 1070 g/mol. The third-order valence-electron chi connectivity index (χ3n) is 11.3. The number of thioether (sulfide) groups is 1. The molecule has 2 saturated heterocycles. The number of aliphatic carboxylic acids is 4. The zero-order valence-corrected chi connectivity index (χ0v) is 42.3. The van der Waals surface area contributed by atoms with Crippen LogP contribution in [0.4, 0.5) is 10.5 Å². The van der Waals surface area contributed by atoms with Crippen molar-refractivity contribution in [1.29, 1.82) is 0 Å². The molecule has 2 aliphatic heterocycles. The molecule has 1 aromatic carbocycles. The molecule has 2 heterocycles. The average Bonchev–Trinajstić information content (AvgIpc) is 3.51. The van der Waals surface area contributed by atoms with Gasteiger partial charge in [-0.25, -0.2) is 9.59 Å². The van der Waals surface area contributed by atoms with E-state index in [0.717, 1.165) is 5.75 Å². The first-order chi connectivity index (χ1) is 32.3. The van der Waals surface area contributed by atoms with Crippen molar-refractivity contribution >= 4 is 76.8 Å². The number of carbonyl (C=O) groups excluding carboxylic acids is 6. The Hall–Kier alpha value is -4.37. The van der Waals surface area contributed by atoms with E-state index in [4.69, 9.17) is 0 Å². The molecule has 0 aromatic heterocycles. The second-order valence-electron chi connectivity index (χ2n) is 16.8. The summed E-state index contributed by atoms with van der Waals surface area (Å²) in [7, 11) is 0. The monoisotopic (exact) mass is 1140 g/mol. The zero-order valence-electron chi connectivity index (χ0n) is 39.2. The molecule has 0 saturated carbocycles. The number of nitrogens with one attached hydrogen (secondary N) is 4. The Morgan fingerprint density at radius 2 is 1.20 bits per heavy atom. The second kappa shape index (κ2) is 32.5.